The zero-order valence-electron chi connectivity index (χ0n) is 14.7. The van der Waals surface area contributed by atoms with Crippen molar-refractivity contribution in [1.82, 2.24) is 30.1 Å². The molecule has 0 saturated carbocycles. The topological polar surface area (TPSA) is 69.0 Å². The van der Waals surface area contributed by atoms with Crippen LogP contribution in [0.15, 0.2) is 24.5 Å². The molecule has 24 heavy (non-hydrogen) atoms. The van der Waals surface area contributed by atoms with Crippen molar-refractivity contribution in [2.24, 2.45) is 0 Å². The quantitative estimate of drug-likeness (QED) is 0.807. The minimum absolute atomic E-state index is 0.136. The molecule has 0 spiro atoms. The molecule has 0 amide bonds. The van der Waals surface area contributed by atoms with Crippen LogP contribution in [0.5, 0.6) is 0 Å². The third-order valence-corrected chi connectivity index (χ3v) is 4.15. The van der Waals surface area contributed by atoms with Crippen LogP contribution < -0.4 is 0 Å². The highest BCUT2D eigenvalue weighted by atomic mass is 16.5. The third kappa shape index (κ3) is 4.36. The van der Waals surface area contributed by atoms with Crippen LogP contribution in [0, 0.1) is 0 Å². The maximum absolute atomic E-state index is 5.82. The van der Waals surface area contributed by atoms with E-state index >= 15 is 0 Å². The van der Waals surface area contributed by atoms with Crippen LogP contribution in [-0.4, -0.2) is 49.3 Å². The molecule has 130 valence electrons. The molecule has 0 aliphatic carbocycles. The molecule has 1 saturated heterocycles. The van der Waals surface area contributed by atoms with Gasteiger partial charge in [-0.05, 0) is 55.7 Å². The maximum Gasteiger partial charge on any atom is 0.165 e. The molecular weight excluding hydrogens is 304 g/mol. The van der Waals surface area contributed by atoms with Gasteiger partial charge in [-0.25, -0.2) is 4.68 Å². The van der Waals surface area contributed by atoms with Gasteiger partial charge in [-0.3, -0.25) is 9.88 Å². The number of hydrogen-bond donors (Lipinski definition) is 0. The summed E-state index contributed by atoms with van der Waals surface area (Å²) in [6.45, 7) is 9.58. The second-order valence-corrected chi connectivity index (χ2v) is 7.34. The fourth-order valence-corrected chi connectivity index (χ4v) is 3.04. The van der Waals surface area contributed by atoms with E-state index in [-0.39, 0.29) is 5.54 Å². The predicted octanol–water partition coefficient (Wildman–Crippen LogP) is 2.00. The second kappa shape index (κ2) is 7.36. The zero-order valence-corrected chi connectivity index (χ0v) is 14.7. The van der Waals surface area contributed by atoms with E-state index in [1.54, 1.807) is 6.20 Å². The van der Waals surface area contributed by atoms with E-state index in [0.717, 1.165) is 38.4 Å². The Morgan fingerprint density at radius 2 is 2.21 bits per heavy atom. The van der Waals surface area contributed by atoms with Gasteiger partial charge in [-0.2, -0.15) is 0 Å². The molecule has 1 atom stereocenters. The Morgan fingerprint density at radius 1 is 1.33 bits per heavy atom. The smallest absolute Gasteiger partial charge is 0.165 e. The summed E-state index contributed by atoms with van der Waals surface area (Å²) < 4.78 is 7.72. The number of pyridine rings is 1. The van der Waals surface area contributed by atoms with Crippen LogP contribution in [0.25, 0.3) is 0 Å². The normalized spacial score (nSPS) is 18.4. The number of tetrazole rings is 1. The number of hydrogen-bond acceptors (Lipinski definition) is 6. The molecule has 3 rings (SSSR count). The summed E-state index contributed by atoms with van der Waals surface area (Å²) >= 11 is 0. The van der Waals surface area contributed by atoms with Crippen LogP contribution in [-0.2, 0) is 23.4 Å². The van der Waals surface area contributed by atoms with E-state index < -0.39 is 0 Å². The van der Waals surface area contributed by atoms with E-state index in [2.05, 4.69) is 52.2 Å². The standard InChI is InChI=1S/C17H26N6O/c1-17(2,3)23-16(19-20-21-23)13-22(12-15-7-5-9-24-15)11-14-6-4-8-18-10-14/h4,6,8,10,15H,5,7,9,11-13H2,1-3H3/t15-/m0/s1. The van der Waals surface area contributed by atoms with E-state index in [1.807, 2.05) is 16.9 Å². The lowest BCUT2D eigenvalue weighted by Crippen LogP contribution is -2.34. The van der Waals surface area contributed by atoms with Gasteiger partial charge in [-0.1, -0.05) is 6.07 Å². The lowest BCUT2D eigenvalue weighted by atomic mass is 10.1. The molecular formula is C17H26N6O. The van der Waals surface area contributed by atoms with Crippen molar-refractivity contribution in [3.8, 4) is 0 Å². The molecule has 1 aliphatic heterocycles. The molecule has 3 heterocycles. The first-order valence-electron chi connectivity index (χ1n) is 8.53. The van der Waals surface area contributed by atoms with Gasteiger partial charge in [0.1, 0.15) is 0 Å². The molecule has 7 nitrogen and oxygen atoms in total. The lowest BCUT2D eigenvalue weighted by Gasteiger charge is -2.26. The van der Waals surface area contributed by atoms with E-state index in [1.165, 1.54) is 5.56 Å². The molecule has 0 radical (unpaired) electrons. The molecule has 1 aliphatic rings. The van der Waals surface area contributed by atoms with Crippen molar-refractivity contribution in [1.29, 1.82) is 0 Å². The molecule has 0 bridgehead atoms. The highest BCUT2D eigenvalue weighted by Gasteiger charge is 2.24. The Hall–Kier alpha value is -1.86. The minimum atomic E-state index is -0.136. The summed E-state index contributed by atoms with van der Waals surface area (Å²) in [6, 6.07) is 4.07. The van der Waals surface area contributed by atoms with E-state index in [9.17, 15) is 0 Å². The van der Waals surface area contributed by atoms with Gasteiger partial charge < -0.3 is 4.74 Å². The monoisotopic (exact) mass is 330 g/mol. The molecule has 2 aromatic heterocycles. The summed E-state index contributed by atoms with van der Waals surface area (Å²) in [4.78, 5) is 6.57. The molecule has 0 aromatic carbocycles. The SMILES string of the molecule is CC(C)(C)n1nnnc1CN(Cc1cccnc1)C[C@@H]1CCCO1. The summed E-state index contributed by atoms with van der Waals surface area (Å²) in [5.41, 5.74) is 1.05. The number of nitrogens with zero attached hydrogens (tertiary/aromatic N) is 6. The van der Waals surface area contributed by atoms with Crippen molar-refractivity contribution < 1.29 is 4.74 Å². The van der Waals surface area contributed by atoms with Crippen LogP contribution in [0.3, 0.4) is 0 Å². The van der Waals surface area contributed by atoms with Crippen molar-refractivity contribution in [3.05, 3.63) is 35.9 Å². The first-order valence-corrected chi connectivity index (χ1v) is 8.53. The van der Waals surface area contributed by atoms with Crippen molar-refractivity contribution >= 4 is 0 Å². The van der Waals surface area contributed by atoms with E-state index in [0.29, 0.717) is 12.6 Å². The van der Waals surface area contributed by atoms with Gasteiger partial charge in [0, 0.05) is 32.1 Å². The highest BCUT2D eigenvalue weighted by molar-refractivity contribution is 5.08. The molecule has 0 N–H and O–H groups in total. The van der Waals surface area contributed by atoms with Crippen LogP contribution in [0.2, 0.25) is 0 Å². The summed E-state index contributed by atoms with van der Waals surface area (Å²) in [6.07, 6.45) is 6.27. The Kier molecular flexibility index (Phi) is 5.20. The van der Waals surface area contributed by atoms with Gasteiger partial charge in [0.05, 0.1) is 18.2 Å². The average molecular weight is 330 g/mol. The van der Waals surface area contributed by atoms with E-state index in [4.69, 9.17) is 4.74 Å². The van der Waals surface area contributed by atoms with Gasteiger partial charge in [0.15, 0.2) is 5.82 Å². The zero-order chi connectivity index (χ0) is 17.0. The number of aromatic nitrogens is 5. The van der Waals surface area contributed by atoms with Crippen LogP contribution in [0.1, 0.15) is 45.0 Å². The van der Waals surface area contributed by atoms with Crippen LogP contribution in [0.4, 0.5) is 0 Å². The Labute approximate surface area is 143 Å². The van der Waals surface area contributed by atoms with Crippen molar-refractivity contribution in [3.63, 3.8) is 0 Å². The Bertz CT molecular complexity index is 630. The molecule has 7 heteroatoms. The molecule has 1 fully saturated rings. The molecule has 2 aromatic rings. The summed E-state index contributed by atoms with van der Waals surface area (Å²) in [5, 5.41) is 12.3. The molecule has 0 unspecified atom stereocenters. The Morgan fingerprint density at radius 3 is 2.88 bits per heavy atom. The van der Waals surface area contributed by atoms with Gasteiger partial charge >= 0.3 is 0 Å². The van der Waals surface area contributed by atoms with Crippen LogP contribution >= 0.6 is 0 Å². The number of ether oxygens (including phenoxy) is 1. The minimum Gasteiger partial charge on any atom is -0.377 e. The fraction of sp³-hybridized carbons (Fsp3) is 0.647. The Balaban J connectivity index is 1.75. The number of rotatable bonds is 6. The van der Waals surface area contributed by atoms with Crippen molar-refractivity contribution in [2.45, 2.75) is 58.3 Å². The fourth-order valence-electron chi connectivity index (χ4n) is 3.04. The van der Waals surface area contributed by atoms with Gasteiger partial charge in [0.2, 0.25) is 0 Å². The lowest BCUT2D eigenvalue weighted by molar-refractivity contribution is 0.0658. The largest absolute Gasteiger partial charge is 0.377 e. The van der Waals surface area contributed by atoms with Crippen molar-refractivity contribution in [2.75, 3.05) is 13.2 Å². The first-order chi connectivity index (χ1) is 11.5. The predicted molar refractivity (Wildman–Crippen MR) is 90.1 cm³/mol. The maximum atomic E-state index is 5.82. The second-order valence-electron chi connectivity index (χ2n) is 7.34. The average Bonchev–Trinajstić information content (AvgIpc) is 3.19. The van der Waals surface area contributed by atoms with Gasteiger partial charge in [0.25, 0.3) is 0 Å². The summed E-state index contributed by atoms with van der Waals surface area (Å²) in [7, 11) is 0. The third-order valence-electron chi connectivity index (χ3n) is 4.15. The van der Waals surface area contributed by atoms with Gasteiger partial charge in [-0.15, -0.1) is 5.10 Å². The first kappa shape index (κ1) is 17.0. The summed E-state index contributed by atoms with van der Waals surface area (Å²) in [5.74, 6) is 0.879. The highest BCUT2D eigenvalue weighted by Crippen LogP contribution is 2.18.